The van der Waals surface area contributed by atoms with Gasteiger partial charge in [0.15, 0.2) is 11.5 Å². The standard InChI is InChI=1S/C15H12O7S/c16-15(17)10-1-3-11(4-2-10)22-23(18,19)12-5-6-13-14(9-12)21-8-7-20-13/h1-6,9H,7-8H2,(H,16,17)/p-1. The predicted octanol–water partition coefficient (Wildman–Crippen LogP) is 0.589. The van der Waals surface area contributed by atoms with E-state index in [1.165, 1.54) is 42.5 Å². The highest BCUT2D eigenvalue weighted by Gasteiger charge is 2.21. The first-order valence-corrected chi connectivity index (χ1v) is 8.02. The molecular formula is C15H11O7S-. The summed E-state index contributed by atoms with van der Waals surface area (Å²) in [6.45, 7) is 0.739. The number of hydrogen-bond donors (Lipinski definition) is 0. The summed E-state index contributed by atoms with van der Waals surface area (Å²) in [5.41, 5.74) is -0.0749. The monoisotopic (exact) mass is 335 g/mol. The SMILES string of the molecule is O=C([O-])c1ccc(OS(=O)(=O)c2ccc3c(c2)OCCO3)cc1. The molecule has 120 valence electrons. The molecule has 7 nitrogen and oxygen atoms in total. The van der Waals surface area contributed by atoms with Crippen molar-refractivity contribution in [2.75, 3.05) is 13.2 Å². The maximum absolute atomic E-state index is 12.3. The second-order valence-corrected chi connectivity index (χ2v) is 6.20. The number of fused-ring (bicyclic) bond motifs is 1. The number of hydrogen-bond acceptors (Lipinski definition) is 7. The minimum atomic E-state index is -4.08. The van der Waals surface area contributed by atoms with Crippen LogP contribution in [0.3, 0.4) is 0 Å². The van der Waals surface area contributed by atoms with Gasteiger partial charge >= 0.3 is 10.1 Å². The molecular weight excluding hydrogens is 324 g/mol. The Morgan fingerprint density at radius 2 is 1.65 bits per heavy atom. The molecule has 0 aliphatic carbocycles. The lowest BCUT2D eigenvalue weighted by Gasteiger charge is -2.18. The first kappa shape index (κ1) is 15.2. The third kappa shape index (κ3) is 3.21. The lowest BCUT2D eigenvalue weighted by molar-refractivity contribution is -0.255. The number of aromatic carboxylic acids is 1. The van der Waals surface area contributed by atoms with E-state index in [9.17, 15) is 18.3 Å². The molecule has 0 atom stereocenters. The highest BCUT2D eigenvalue weighted by molar-refractivity contribution is 7.87. The number of ether oxygens (including phenoxy) is 2. The van der Waals surface area contributed by atoms with Gasteiger partial charge in [-0.05, 0) is 42.0 Å². The van der Waals surface area contributed by atoms with E-state index in [1.54, 1.807) is 0 Å². The highest BCUT2D eigenvalue weighted by Crippen LogP contribution is 2.33. The molecule has 1 aliphatic heterocycles. The van der Waals surface area contributed by atoms with Gasteiger partial charge in [-0.1, -0.05) is 0 Å². The van der Waals surface area contributed by atoms with Crippen molar-refractivity contribution in [3.05, 3.63) is 48.0 Å². The smallest absolute Gasteiger partial charge is 0.339 e. The van der Waals surface area contributed by atoms with Crippen molar-refractivity contribution in [3.8, 4) is 17.2 Å². The van der Waals surface area contributed by atoms with Gasteiger partial charge in [-0.3, -0.25) is 0 Å². The van der Waals surface area contributed by atoms with Crippen LogP contribution in [0.4, 0.5) is 0 Å². The second kappa shape index (κ2) is 5.81. The third-order valence-electron chi connectivity index (χ3n) is 3.10. The van der Waals surface area contributed by atoms with Crippen LogP contribution in [0.1, 0.15) is 10.4 Å². The molecule has 0 saturated heterocycles. The molecule has 0 fully saturated rings. The number of carboxylic acids is 1. The van der Waals surface area contributed by atoms with Crippen molar-refractivity contribution < 1.29 is 32.0 Å². The van der Waals surface area contributed by atoms with E-state index >= 15 is 0 Å². The van der Waals surface area contributed by atoms with Crippen molar-refractivity contribution >= 4 is 16.1 Å². The van der Waals surface area contributed by atoms with Crippen LogP contribution in [-0.2, 0) is 10.1 Å². The van der Waals surface area contributed by atoms with Crippen molar-refractivity contribution in [1.29, 1.82) is 0 Å². The maximum atomic E-state index is 12.3. The van der Waals surface area contributed by atoms with Crippen LogP contribution in [0.15, 0.2) is 47.4 Å². The van der Waals surface area contributed by atoms with E-state index in [1.807, 2.05) is 0 Å². The van der Waals surface area contributed by atoms with Crippen LogP contribution < -0.4 is 18.8 Å². The Hall–Kier alpha value is -2.74. The maximum Gasteiger partial charge on any atom is 0.339 e. The first-order valence-electron chi connectivity index (χ1n) is 6.61. The Balaban J connectivity index is 1.85. The molecule has 2 aromatic carbocycles. The molecule has 0 amide bonds. The third-order valence-corrected chi connectivity index (χ3v) is 4.34. The quantitative estimate of drug-likeness (QED) is 0.753. The molecule has 23 heavy (non-hydrogen) atoms. The van der Waals surface area contributed by atoms with Gasteiger partial charge in [0.2, 0.25) is 0 Å². The fraction of sp³-hybridized carbons (Fsp3) is 0.133. The number of carbonyl (C=O) groups is 1. The molecule has 0 saturated carbocycles. The fourth-order valence-electron chi connectivity index (χ4n) is 2.00. The van der Waals surface area contributed by atoms with Gasteiger partial charge < -0.3 is 23.6 Å². The van der Waals surface area contributed by atoms with E-state index in [4.69, 9.17) is 13.7 Å². The van der Waals surface area contributed by atoms with Crippen molar-refractivity contribution in [1.82, 2.24) is 0 Å². The Morgan fingerprint density at radius 3 is 2.30 bits per heavy atom. The van der Waals surface area contributed by atoms with Crippen molar-refractivity contribution in [2.24, 2.45) is 0 Å². The summed E-state index contributed by atoms with van der Waals surface area (Å²) >= 11 is 0. The minimum Gasteiger partial charge on any atom is -0.545 e. The number of benzene rings is 2. The number of rotatable bonds is 4. The highest BCUT2D eigenvalue weighted by atomic mass is 32.2. The molecule has 1 aliphatic rings. The van der Waals surface area contributed by atoms with Crippen LogP contribution in [-0.4, -0.2) is 27.6 Å². The average molecular weight is 335 g/mol. The summed E-state index contributed by atoms with van der Waals surface area (Å²) in [5, 5.41) is 10.7. The fourth-order valence-corrected chi connectivity index (χ4v) is 2.95. The molecule has 0 N–H and O–H groups in total. The Morgan fingerprint density at radius 1 is 1.00 bits per heavy atom. The summed E-state index contributed by atoms with van der Waals surface area (Å²) in [7, 11) is -4.08. The van der Waals surface area contributed by atoms with E-state index in [2.05, 4.69) is 0 Å². The van der Waals surface area contributed by atoms with Gasteiger partial charge in [-0.2, -0.15) is 8.42 Å². The van der Waals surface area contributed by atoms with Gasteiger partial charge in [-0.15, -0.1) is 0 Å². The summed E-state index contributed by atoms with van der Waals surface area (Å²) < 4.78 is 40.2. The first-order chi connectivity index (χ1) is 11.0. The molecule has 1 heterocycles. The van der Waals surface area contributed by atoms with Crippen LogP contribution in [0.5, 0.6) is 17.2 Å². The molecule has 8 heteroatoms. The van der Waals surface area contributed by atoms with E-state index in [-0.39, 0.29) is 16.2 Å². The predicted molar refractivity (Wildman–Crippen MR) is 76.0 cm³/mol. The van der Waals surface area contributed by atoms with Gasteiger partial charge in [0.1, 0.15) is 23.9 Å². The lowest BCUT2D eigenvalue weighted by atomic mass is 10.2. The van der Waals surface area contributed by atoms with Crippen LogP contribution >= 0.6 is 0 Å². The van der Waals surface area contributed by atoms with Gasteiger partial charge in [0, 0.05) is 6.07 Å². The van der Waals surface area contributed by atoms with Crippen molar-refractivity contribution in [2.45, 2.75) is 4.90 Å². The van der Waals surface area contributed by atoms with Gasteiger partial charge in [-0.25, -0.2) is 0 Å². The number of carbonyl (C=O) groups excluding carboxylic acids is 1. The molecule has 0 unspecified atom stereocenters. The Kier molecular flexibility index (Phi) is 3.83. The molecule has 0 aromatic heterocycles. The summed E-state index contributed by atoms with van der Waals surface area (Å²) in [6, 6.07) is 9.02. The zero-order chi connectivity index (χ0) is 16.4. The Labute approximate surface area is 132 Å². The lowest BCUT2D eigenvalue weighted by Crippen LogP contribution is -2.22. The molecule has 0 radical (unpaired) electrons. The number of carboxylic acid groups (broad SMARTS) is 1. The normalized spacial score (nSPS) is 13.4. The summed E-state index contributed by atoms with van der Waals surface area (Å²) in [6.07, 6.45) is 0. The Bertz CT molecular complexity index is 841. The second-order valence-electron chi connectivity index (χ2n) is 4.65. The molecule has 0 bridgehead atoms. The van der Waals surface area contributed by atoms with Gasteiger partial charge in [0.25, 0.3) is 0 Å². The zero-order valence-electron chi connectivity index (χ0n) is 11.7. The molecule has 0 spiro atoms. The van der Waals surface area contributed by atoms with Crippen LogP contribution in [0, 0.1) is 0 Å². The zero-order valence-corrected chi connectivity index (χ0v) is 12.5. The van der Waals surface area contributed by atoms with E-state index in [0.29, 0.717) is 24.7 Å². The molecule has 2 aromatic rings. The van der Waals surface area contributed by atoms with E-state index in [0.717, 1.165) is 0 Å². The largest absolute Gasteiger partial charge is 0.545 e. The minimum absolute atomic E-state index is 0.00936. The topological polar surface area (TPSA) is 102 Å². The van der Waals surface area contributed by atoms with Crippen LogP contribution in [0.2, 0.25) is 0 Å². The van der Waals surface area contributed by atoms with Crippen molar-refractivity contribution in [3.63, 3.8) is 0 Å². The molecule has 3 rings (SSSR count). The van der Waals surface area contributed by atoms with E-state index < -0.39 is 16.1 Å². The summed E-state index contributed by atoms with van der Waals surface area (Å²) in [4.78, 5) is 10.6. The van der Waals surface area contributed by atoms with Gasteiger partial charge in [0.05, 0.1) is 5.97 Å². The average Bonchev–Trinajstić information content (AvgIpc) is 2.54. The van der Waals surface area contributed by atoms with Crippen LogP contribution in [0.25, 0.3) is 0 Å². The summed E-state index contributed by atoms with van der Waals surface area (Å²) in [5.74, 6) is -0.571.